The van der Waals surface area contributed by atoms with Gasteiger partial charge in [0.05, 0.1) is 5.52 Å². The van der Waals surface area contributed by atoms with E-state index in [1.54, 1.807) is 11.8 Å². The Hall–Kier alpha value is -3.02. The number of piperazine rings is 1. The molecular weight excluding hydrogens is 366 g/mol. The molecule has 1 saturated heterocycles. The van der Waals surface area contributed by atoms with E-state index in [1.807, 2.05) is 24.0 Å². The average molecular weight is 393 g/mol. The van der Waals surface area contributed by atoms with Crippen LogP contribution in [0.25, 0.3) is 11.1 Å². The first-order chi connectivity index (χ1) is 13.8. The van der Waals surface area contributed by atoms with Gasteiger partial charge >= 0.3 is 0 Å². The van der Waals surface area contributed by atoms with E-state index in [1.165, 1.54) is 16.7 Å². The predicted molar refractivity (Wildman–Crippen MR) is 112 cm³/mol. The number of hydrogen-bond donors (Lipinski definition) is 0. The lowest BCUT2D eigenvalue weighted by Crippen LogP contribution is -2.50. The lowest BCUT2D eigenvalue weighted by atomic mass is 10.1. The van der Waals surface area contributed by atoms with Crippen molar-refractivity contribution in [2.45, 2.75) is 34.2 Å². The Morgan fingerprint density at radius 3 is 2.34 bits per heavy atom. The maximum atomic E-state index is 13.4. The molecule has 4 rings (SSSR count). The first-order valence-electron chi connectivity index (χ1n) is 10.0. The van der Waals surface area contributed by atoms with Crippen LogP contribution in [-0.2, 0) is 11.3 Å². The highest BCUT2D eigenvalue weighted by molar-refractivity contribution is 5.98. The normalized spacial score (nSPS) is 14.6. The van der Waals surface area contributed by atoms with Crippen molar-refractivity contribution in [3.8, 4) is 0 Å². The van der Waals surface area contributed by atoms with Crippen LogP contribution in [0.4, 0.5) is 0 Å². The van der Waals surface area contributed by atoms with Gasteiger partial charge in [0, 0.05) is 51.8 Å². The highest BCUT2D eigenvalue weighted by Crippen LogP contribution is 2.27. The van der Waals surface area contributed by atoms with Gasteiger partial charge in [0.2, 0.25) is 5.91 Å². The molecule has 1 aromatic carbocycles. The Kier molecular flexibility index (Phi) is 4.94. The second-order valence-corrected chi connectivity index (χ2v) is 7.95. The van der Waals surface area contributed by atoms with E-state index in [0.29, 0.717) is 38.4 Å². The van der Waals surface area contributed by atoms with Crippen molar-refractivity contribution in [3.63, 3.8) is 0 Å². The monoisotopic (exact) mass is 393 g/mol. The van der Waals surface area contributed by atoms with Crippen molar-refractivity contribution in [1.82, 2.24) is 14.4 Å². The molecule has 3 heterocycles. The molecule has 1 aliphatic heterocycles. The number of carbonyl (C=O) groups excluding carboxylic acids is 2. The molecule has 0 aliphatic carbocycles. The molecule has 0 N–H and O–H groups in total. The second-order valence-electron chi connectivity index (χ2n) is 7.95. The molecule has 0 atom stereocenters. The van der Waals surface area contributed by atoms with Crippen LogP contribution < -0.4 is 0 Å². The zero-order chi connectivity index (χ0) is 20.7. The summed E-state index contributed by atoms with van der Waals surface area (Å²) in [4.78, 5) is 28.6. The molecule has 0 unspecified atom stereocenters. The number of hydrogen-bond acceptors (Lipinski definition) is 3. The summed E-state index contributed by atoms with van der Waals surface area (Å²) in [5.41, 5.74) is 5.90. The molecule has 6 heteroatoms. The molecule has 0 radical (unpaired) electrons. The number of nitrogens with zero attached hydrogens (tertiary/aromatic N) is 3. The van der Waals surface area contributed by atoms with Gasteiger partial charge in [-0.1, -0.05) is 23.8 Å². The molecule has 2 aromatic heterocycles. The van der Waals surface area contributed by atoms with Gasteiger partial charge in [-0.15, -0.1) is 0 Å². The van der Waals surface area contributed by atoms with Gasteiger partial charge in [-0.2, -0.15) is 0 Å². The van der Waals surface area contributed by atoms with Crippen LogP contribution in [0.2, 0.25) is 0 Å². The summed E-state index contributed by atoms with van der Waals surface area (Å²) in [5, 5.41) is 0. The van der Waals surface area contributed by atoms with Crippen molar-refractivity contribution >= 4 is 22.9 Å². The Morgan fingerprint density at radius 2 is 1.66 bits per heavy atom. The maximum Gasteiger partial charge on any atom is 0.270 e. The molecule has 0 bridgehead atoms. The molecule has 1 fully saturated rings. The minimum Gasteiger partial charge on any atom is -0.460 e. The fraction of sp³-hybridized carbons (Fsp3) is 0.391. The van der Waals surface area contributed by atoms with E-state index in [2.05, 4.69) is 36.6 Å². The molecule has 0 spiro atoms. The number of aromatic nitrogens is 1. The summed E-state index contributed by atoms with van der Waals surface area (Å²) in [6.45, 7) is 10.5. The molecule has 152 valence electrons. The van der Waals surface area contributed by atoms with Crippen LogP contribution in [0, 0.1) is 20.8 Å². The number of amides is 2. The van der Waals surface area contributed by atoms with Gasteiger partial charge in [-0.3, -0.25) is 9.59 Å². The van der Waals surface area contributed by atoms with Crippen molar-refractivity contribution in [1.29, 1.82) is 0 Å². The van der Waals surface area contributed by atoms with Crippen LogP contribution in [0.15, 0.2) is 34.7 Å². The van der Waals surface area contributed by atoms with E-state index in [-0.39, 0.29) is 11.8 Å². The van der Waals surface area contributed by atoms with E-state index < -0.39 is 0 Å². The Labute approximate surface area is 170 Å². The van der Waals surface area contributed by atoms with Gasteiger partial charge in [-0.25, -0.2) is 0 Å². The second kappa shape index (κ2) is 7.43. The number of fused-ring (bicyclic) bond motifs is 1. The van der Waals surface area contributed by atoms with Gasteiger partial charge in [-0.05, 0) is 31.9 Å². The number of furan rings is 1. The summed E-state index contributed by atoms with van der Waals surface area (Å²) < 4.78 is 7.89. The van der Waals surface area contributed by atoms with Crippen molar-refractivity contribution in [2.24, 2.45) is 0 Å². The SMILES string of the molecule is CC(=O)N1CCN(C(=O)c2cc3oc(C)cc3n2Cc2cc(C)ccc2C)CC1. The summed E-state index contributed by atoms with van der Waals surface area (Å²) in [6, 6.07) is 10.2. The Balaban J connectivity index is 1.68. The van der Waals surface area contributed by atoms with Crippen LogP contribution in [-0.4, -0.2) is 52.4 Å². The number of rotatable bonds is 3. The van der Waals surface area contributed by atoms with E-state index >= 15 is 0 Å². The van der Waals surface area contributed by atoms with Crippen molar-refractivity contribution < 1.29 is 14.0 Å². The first kappa shape index (κ1) is 19.3. The highest BCUT2D eigenvalue weighted by Gasteiger charge is 2.27. The zero-order valence-electron chi connectivity index (χ0n) is 17.5. The summed E-state index contributed by atoms with van der Waals surface area (Å²) >= 11 is 0. The Morgan fingerprint density at radius 1 is 0.966 bits per heavy atom. The number of benzene rings is 1. The quantitative estimate of drug-likeness (QED) is 0.684. The fourth-order valence-corrected chi connectivity index (χ4v) is 4.04. The zero-order valence-corrected chi connectivity index (χ0v) is 17.5. The molecule has 29 heavy (non-hydrogen) atoms. The standard InChI is InChI=1S/C23H27N3O3/c1-15-5-6-16(2)19(11-15)14-26-20-12-17(3)29-22(20)13-21(26)23(28)25-9-7-24(8-10-25)18(4)27/h5-6,11-13H,7-10,14H2,1-4H3. The molecule has 0 saturated carbocycles. The molecule has 6 nitrogen and oxygen atoms in total. The van der Waals surface area contributed by atoms with Crippen molar-refractivity contribution in [2.75, 3.05) is 26.2 Å². The number of aryl methyl sites for hydroxylation is 3. The van der Waals surface area contributed by atoms with Crippen LogP contribution in [0.1, 0.15) is 39.9 Å². The topological polar surface area (TPSA) is 58.7 Å². The Bertz CT molecular complexity index is 1080. The smallest absolute Gasteiger partial charge is 0.270 e. The minimum atomic E-state index is -0.0115. The van der Waals surface area contributed by atoms with Crippen LogP contribution >= 0.6 is 0 Å². The van der Waals surface area contributed by atoms with Crippen molar-refractivity contribution in [3.05, 3.63) is 58.5 Å². The fourth-order valence-electron chi connectivity index (χ4n) is 4.04. The summed E-state index contributed by atoms with van der Waals surface area (Å²) in [5.74, 6) is 0.879. The third kappa shape index (κ3) is 3.67. The maximum absolute atomic E-state index is 13.4. The average Bonchev–Trinajstić information content (AvgIpc) is 3.21. The highest BCUT2D eigenvalue weighted by atomic mass is 16.3. The lowest BCUT2D eigenvalue weighted by molar-refractivity contribution is -0.130. The summed E-state index contributed by atoms with van der Waals surface area (Å²) in [7, 11) is 0. The summed E-state index contributed by atoms with van der Waals surface area (Å²) in [6.07, 6.45) is 0. The lowest BCUT2D eigenvalue weighted by Gasteiger charge is -2.34. The van der Waals surface area contributed by atoms with Gasteiger partial charge in [0.25, 0.3) is 5.91 Å². The van der Waals surface area contributed by atoms with Crippen LogP contribution in [0.3, 0.4) is 0 Å². The predicted octanol–water partition coefficient (Wildman–Crippen LogP) is 3.51. The minimum absolute atomic E-state index is 0.0115. The number of carbonyl (C=O) groups is 2. The van der Waals surface area contributed by atoms with Gasteiger partial charge < -0.3 is 18.8 Å². The van der Waals surface area contributed by atoms with E-state index in [9.17, 15) is 9.59 Å². The van der Waals surface area contributed by atoms with E-state index in [4.69, 9.17) is 4.42 Å². The third-order valence-electron chi connectivity index (χ3n) is 5.78. The molecule has 3 aromatic rings. The largest absolute Gasteiger partial charge is 0.460 e. The third-order valence-corrected chi connectivity index (χ3v) is 5.78. The first-order valence-corrected chi connectivity index (χ1v) is 10.0. The van der Waals surface area contributed by atoms with Gasteiger partial charge in [0.15, 0.2) is 5.58 Å². The van der Waals surface area contributed by atoms with E-state index in [0.717, 1.165) is 16.9 Å². The van der Waals surface area contributed by atoms with Gasteiger partial charge in [0.1, 0.15) is 11.5 Å². The molecular formula is C23H27N3O3. The molecule has 1 aliphatic rings. The van der Waals surface area contributed by atoms with Crippen LogP contribution in [0.5, 0.6) is 0 Å². The molecule has 2 amide bonds.